The average Bonchev–Trinajstić information content (AvgIpc) is 2.29. The zero-order valence-electron chi connectivity index (χ0n) is 12.6. The molecular formula is C16H27NO. The number of rotatable bonds is 6. The van der Waals surface area contributed by atoms with Gasteiger partial charge in [0.1, 0.15) is 0 Å². The van der Waals surface area contributed by atoms with Gasteiger partial charge >= 0.3 is 0 Å². The summed E-state index contributed by atoms with van der Waals surface area (Å²) in [6.45, 7) is 14.4. The molecule has 1 N–H and O–H groups in total. The Labute approximate surface area is 112 Å². The van der Waals surface area contributed by atoms with E-state index in [9.17, 15) is 0 Å². The van der Waals surface area contributed by atoms with Gasteiger partial charge in [0, 0.05) is 19.2 Å². The van der Waals surface area contributed by atoms with Crippen LogP contribution in [0.3, 0.4) is 0 Å². The van der Waals surface area contributed by atoms with Crippen molar-refractivity contribution in [1.29, 1.82) is 0 Å². The third-order valence-electron chi connectivity index (χ3n) is 3.27. The van der Waals surface area contributed by atoms with Crippen molar-refractivity contribution in [1.82, 2.24) is 5.32 Å². The Hall–Kier alpha value is -0.860. The lowest BCUT2D eigenvalue weighted by Crippen LogP contribution is -2.38. The monoisotopic (exact) mass is 249 g/mol. The summed E-state index contributed by atoms with van der Waals surface area (Å²) in [5.41, 5.74) is 3.92. The summed E-state index contributed by atoms with van der Waals surface area (Å²) in [5.74, 6) is 0. The average molecular weight is 249 g/mol. The number of benzene rings is 1. The van der Waals surface area contributed by atoms with E-state index < -0.39 is 0 Å². The Morgan fingerprint density at radius 1 is 1.28 bits per heavy atom. The SMILES string of the molecule is CCOC(C)(C)CNC(C)c1cc(C)ccc1C. The van der Waals surface area contributed by atoms with E-state index in [1.54, 1.807) is 0 Å². The fraction of sp³-hybridized carbons (Fsp3) is 0.625. The van der Waals surface area contributed by atoms with Gasteiger partial charge in [-0.1, -0.05) is 23.8 Å². The molecule has 2 nitrogen and oxygen atoms in total. The van der Waals surface area contributed by atoms with E-state index in [1.165, 1.54) is 16.7 Å². The van der Waals surface area contributed by atoms with Crippen molar-refractivity contribution < 1.29 is 4.74 Å². The van der Waals surface area contributed by atoms with Crippen LogP contribution in [0.4, 0.5) is 0 Å². The Morgan fingerprint density at radius 3 is 2.56 bits per heavy atom. The lowest BCUT2D eigenvalue weighted by atomic mass is 9.99. The number of hydrogen-bond donors (Lipinski definition) is 1. The fourth-order valence-electron chi connectivity index (χ4n) is 2.18. The smallest absolute Gasteiger partial charge is 0.0750 e. The van der Waals surface area contributed by atoms with Crippen LogP contribution in [0.15, 0.2) is 18.2 Å². The van der Waals surface area contributed by atoms with Crippen LogP contribution < -0.4 is 5.32 Å². The molecule has 0 amide bonds. The molecule has 102 valence electrons. The van der Waals surface area contributed by atoms with Crippen molar-refractivity contribution in [3.8, 4) is 0 Å². The molecule has 0 saturated carbocycles. The van der Waals surface area contributed by atoms with Crippen LogP contribution in [0, 0.1) is 13.8 Å². The summed E-state index contributed by atoms with van der Waals surface area (Å²) in [5, 5.41) is 3.57. The molecule has 1 rings (SSSR count). The molecule has 0 aliphatic heterocycles. The van der Waals surface area contributed by atoms with Crippen LogP contribution in [-0.4, -0.2) is 18.8 Å². The van der Waals surface area contributed by atoms with Crippen LogP contribution in [0.5, 0.6) is 0 Å². The van der Waals surface area contributed by atoms with Gasteiger partial charge in [-0.05, 0) is 52.7 Å². The number of hydrogen-bond acceptors (Lipinski definition) is 2. The maximum atomic E-state index is 5.71. The molecule has 1 aromatic carbocycles. The van der Waals surface area contributed by atoms with Gasteiger partial charge in [-0.3, -0.25) is 0 Å². The first-order valence-corrected chi connectivity index (χ1v) is 6.80. The molecule has 0 spiro atoms. The zero-order chi connectivity index (χ0) is 13.8. The molecule has 0 bridgehead atoms. The van der Waals surface area contributed by atoms with Crippen molar-refractivity contribution in [2.45, 2.75) is 53.2 Å². The maximum Gasteiger partial charge on any atom is 0.0750 e. The molecule has 0 heterocycles. The van der Waals surface area contributed by atoms with Gasteiger partial charge in [-0.15, -0.1) is 0 Å². The standard InChI is InChI=1S/C16H27NO/c1-7-18-16(5,6)11-17-14(4)15-10-12(2)8-9-13(15)3/h8-10,14,17H,7,11H2,1-6H3. The van der Waals surface area contributed by atoms with E-state index in [0.29, 0.717) is 6.04 Å². The van der Waals surface area contributed by atoms with Crippen molar-refractivity contribution in [2.75, 3.05) is 13.2 Å². The normalized spacial score (nSPS) is 13.7. The van der Waals surface area contributed by atoms with Crippen LogP contribution in [0.1, 0.15) is 50.4 Å². The Morgan fingerprint density at radius 2 is 1.94 bits per heavy atom. The van der Waals surface area contributed by atoms with Gasteiger partial charge in [-0.2, -0.15) is 0 Å². The minimum absolute atomic E-state index is 0.110. The molecule has 1 atom stereocenters. The summed E-state index contributed by atoms with van der Waals surface area (Å²) in [6, 6.07) is 6.97. The lowest BCUT2D eigenvalue weighted by molar-refractivity contribution is -0.0103. The van der Waals surface area contributed by atoms with Crippen LogP contribution in [0.25, 0.3) is 0 Å². The van der Waals surface area contributed by atoms with Gasteiger partial charge in [0.2, 0.25) is 0 Å². The van der Waals surface area contributed by atoms with Crippen molar-refractivity contribution in [3.63, 3.8) is 0 Å². The quantitative estimate of drug-likeness (QED) is 0.828. The van der Waals surface area contributed by atoms with Crippen LogP contribution in [0.2, 0.25) is 0 Å². The summed E-state index contributed by atoms with van der Waals surface area (Å²) in [7, 11) is 0. The lowest BCUT2D eigenvalue weighted by Gasteiger charge is -2.28. The number of aryl methyl sites for hydroxylation is 2. The van der Waals surface area contributed by atoms with E-state index >= 15 is 0 Å². The second-order valence-electron chi connectivity index (χ2n) is 5.66. The van der Waals surface area contributed by atoms with Crippen LogP contribution >= 0.6 is 0 Å². The molecule has 0 saturated heterocycles. The number of ether oxygens (including phenoxy) is 1. The van der Waals surface area contributed by atoms with Crippen molar-refractivity contribution in [2.24, 2.45) is 0 Å². The predicted octanol–water partition coefficient (Wildman–Crippen LogP) is 3.77. The van der Waals surface area contributed by atoms with E-state index in [4.69, 9.17) is 4.74 Å². The minimum atomic E-state index is -0.110. The van der Waals surface area contributed by atoms with E-state index in [0.717, 1.165) is 13.2 Å². The Balaban J connectivity index is 2.65. The Kier molecular flexibility index (Phi) is 5.36. The largest absolute Gasteiger partial charge is 0.375 e. The second-order valence-corrected chi connectivity index (χ2v) is 5.66. The van der Waals surface area contributed by atoms with E-state index in [1.807, 2.05) is 6.92 Å². The van der Waals surface area contributed by atoms with Crippen molar-refractivity contribution in [3.05, 3.63) is 34.9 Å². The van der Waals surface area contributed by atoms with Crippen LogP contribution in [-0.2, 0) is 4.74 Å². The molecule has 0 aliphatic rings. The first-order valence-electron chi connectivity index (χ1n) is 6.80. The first-order chi connectivity index (χ1) is 8.35. The molecule has 0 radical (unpaired) electrons. The molecule has 18 heavy (non-hydrogen) atoms. The third kappa shape index (κ3) is 4.43. The number of nitrogens with one attached hydrogen (secondary N) is 1. The first kappa shape index (κ1) is 15.2. The van der Waals surface area contributed by atoms with Gasteiger partial charge in [0.05, 0.1) is 5.60 Å². The second kappa shape index (κ2) is 6.35. The van der Waals surface area contributed by atoms with Gasteiger partial charge in [0.25, 0.3) is 0 Å². The molecule has 0 aliphatic carbocycles. The zero-order valence-corrected chi connectivity index (χ0v) is 12.6. The minimum Gasteiger partial charge on any atom is -0.375 e. The molecule has 2 heteroatoms. The summed E-state index contributed by atoms with van der Waals surface area (Å²) >= 11 is 0. The molecule has 0 fully saturated rings. The summed E-state index contributed by atoms with van der Waals surface area (Å²) in [4.78, 5) is 0. The Bertz CT molecular complexity index is 385. The molecule has 1 unspecified atom stereocenters. The highest BCUT2D eigenvalue weighted by Crippen LogP contribution is 2.19. The highest BCUT2D eigenvalue weighted by atomic mass is 16.5. The molecular weight excluding hydrogens is 222 g/mol. The maximum absolute atomic E-state index is 5.71. The predicted molar refractivity (Wildman–Crippen MR) is 78.0 cm³/mol. The summed E-state index contributed by atoms with van der Waals surface area (Å²) in [6.07, 6.45) is 0. The van der Waals surface area contributed by atoms with E-state index in [2.05, 4.69) is 58.1 Å². The van der Waals surface area contributed by atoms with E-state index in [-0.39, 0.29) is 5.60 Å². The van der Waals surface area contributed by atoms with Gasteiger partial charge in [-0.25, -0.2) is 0 Å². The summed E-state index contributed by atoms with van der Waals surface area (Å²) < 4.78 is 5.71. The topological polar surface area (TPSA) is 21.3 Å². The molecule has 0 aromatic heterocycles. The fourth-order valence-corrected chi connectivity index (χ4v) is 2.18. The van der Waals surface area contributed by atoms with Gasteiger partial charge in [0.15, 0.2) is 0 Å². The van der Waals surface area contributed by atoms with Gasteiger partial charge < -0.3 is 10.1 Å². The highest BCUT2D eigenvalue weighted by Gasteiger charge is 2.19. The third-order valence-corrected chi connectivity index (χ3v) is 3.27. The highest BCUT2D eigenvalue weighted by molar-refractivity contribution is 5.32. The van der Waals surface area contributed by atoms with Crippen molar-refractivity contribution >= 4 is 0 Å². The molecule has 1 aromatic rings.